The number of benzene rings is 2. The molecule has 0 aliphatic rings. The second kappa shape index (κ2) is 7.48. The summed E-state index contributed by atoms with van der Waals surface area (Å²) in [5.41, 5.74) is 3.31. The van der Waals surface area contributed by atoms with Crippen molar-refractivity contribution in [2.75, 3.05) is 16.8 Å². The van der Waals surface area contributed by atoms with Gasteiger partial charge in [-0.3, -0.25) is 4.79 Å². The fourth-order valence-electron chi connectivity index (χ4n) is 2.19. The fourth-order valence-corrected chi connectivity index (χ4v) is 2.19. The lowest BCUT2D eigenvalue weighted by Crippen LogP contribution is -2.21. The summed E-state index contributed by atoms with van der Waals surface area (Å²) in [5.74, 6) is 0.0411. The summed E-state index contributed by atoms with van der Waals surface area (Å²) < 4.78 is 0. The third-order valence-electron chi connectivity index (χ3n) is 3.44. The van der Waals surface area contributed by atoms with Crippen LogP contribution >= 0.6 is 0 Å². The molecule has 21 heavy (non-hydrogen) atoms. The molecule has 0 aliphatic carbocycles. The van der Waals surface area contributed by atoms with Gasteiger partial charge in [-0.1, -0.05) is 37.3 Å². The molecule has 1 amide bonds. The second-order valence-corrected chi connectivity index (χ2v) is 4.95. The van der Waals surface area contributed by atoms with E-state index in [1.807, 2.05) is 25.1 Å². The van der Waals surface area contributed by atoms with E-state index in [0.29, 0.717) is 6.42 Å². The van der Waals surface area contributed by atoms with Crippen LogP contribution in [-0.4, -0.2) is 12.5 Å². The van der Waals surface area contributed by atoms with Crippen molar-refractivity contribution in [1.29, 1.82) is 0 Å². The zero-order valence-corrected chi connectivity index (χ0v) is 12.7. The van der Waals surface area contributed by atoms with Crippen molar-refractivity contribution in [1.82, 2.24) is 0 Å². The van der Waals surface area contributed by atoms with Crippen LogP contribution in [0.3, 0.4) is 0 Å². The number of nitrogens with zero attached hydrogens (tertiary/aromatic N) is 1. The minimum Gasteiger partial charge on any atom is -0.367 e. The molecule has 110 valence electrons. The van der Waals surface area contributed by atoms with Crippen LogP contribution in [0.5, 0.6) is 0 Å². The van der Waals surface area contributed by atoms with Gasteiger partial charge in [-0.05, 0) is 36.8 Å². The smallest absolute Gasteiger partial charge is 0.224 e. The molecule has 0 fully saturated rings. The first-order chi connectivity index (χ1) is 10.2. The highest BCUT2D eigenvalue weighted by molar-refractivity contribution is 5.90. The monoisotopic (exact) mass is 282 g/mol. The van der Waals surface area contributed by atoms with Crippen molar-refractivity contribution < 1.29 is 4.79 Å². The topological polar surface area (TPSA) is 32.3 Å². The normalized spacial score (nSPS) is 10.2. The van der Waals surface area contributed by atoms with E-state index < -0.39 is 0 Å². The molecule has 2 rings (SSSR count). The average molecular weight is 282 g/mol. The highest BCUT2D eigenvalue weighted by Crippen LogP contribution is 2.20. The molecule has 0 saturated heterocycles. The van der Waals surface area contributed by atoms with Crippen LogP contribution in [0, 0.1) is 0 Å². The van der Waals surface area contributed by atoms with Crippen molar-refractivity contribution in [3.63, 3.8) is 0 Å². The summed E-state index contributed by atoms with van der Waals surface area (Å²) in [5, 5.41) is 2.87. The highest BCUT2D eigenvalue weighted by atomic mass is 16.1. The van der Waals surface area contributed by atoms with E-state index in [9.17, 15) is 4.79 Å². The maximum absolute atomic E-state index is 11.4. The molecule has 0 bridgehead atoms. The average Bonchev–Trinajstić information content (AvgIpc) is 2.54. The minimum atomic E-state index is 0.0411. The lowest BCUT2D eigenvalue weighted by atomic mass is 10.2. The molecule has 0 heterocycles. The number of hydrogen-bond acceptors (Lipinski definition) is 2. The predicted molar refractivity (Wildman–Crippen MR) is 88.5 cm³/mol. The number of anilines is 2. The minimum absolute atomic E-state index is 0.0411. The fraction of sp³-hybridized carbons (Fsp3) is 0.278. The quantitative estimate of drug-likeness (QED) is 0.866. The summed E-state index contributed by atoms with van der Waals surface area (Å²) in [6, 6.07) is 18.4. The first-order valence-corrected chi connectivity index (χ1v) is 7.41. The molecule has 0 spiro atoms. The lowest BCUT2D eigenvalue weighted by Gasteiger charge is -2.23. The molecule has 0 aromatic heterocycles. The van der Waals surface area contributed by atoms with Gasteiger partial charge in [0.1, 0.15) is 0 Å². The van der Waals surface area contributed by atoms with Gasteiger partial charge in [0.05, 0.1) is 0 Å². The second-order valence-electron chi connectivity index (χ2n) is 4.95. The first kappa shape index (κ1) is 15.1. The van der Waals surface area contributed by atoms with Crippen LogP contribution < -0.4 is 10.2 Å². The van der Waals surface area contributed by atoms with Crippen LogP contribution in [0.15, 0.2) is 54.6 Å². The summed E-state index contributed by atoms with van der Waals surface area (Å²) >= 11 is 0. The van der Waals surface area contributed by atoms with Gasteiger partial charge in [0.15, 0.2) is 0 Å². The molecule has 0 unspecified atom stereocenters. The van der Waals surface area contributed by atoms with Crippen LogP contribution in [0.25, 0.3) is 0 Å². The van der Waals surface area contributed by atoms with Crippen molar-refractivity contribution in [3.05, 3.63) is 60.2 Å². The summed E-state index contributed by atoms with van der Waals surface area (Å²) in [6.07, 6.45) is 0.497. The van der Waals surface area contributed by atoms with Crippen molar-refractivity contribution in [2.45, 2.75) is 26.8 Å². The maximum Gasteiger partial charge on any atom is 0.224 e. The number of rotatable bonds is 6. The molecule has 2 aromatic rings. The van der Waals surface area contributed by atoms with E-state index in [1.54, 1.807) is 0 Å². The van der Waals surface area contributed by atoms with Gasteiger partial charge >= 0.3 is 0 Å². The molecule has 3 heteroatoms. The number of nitrogens with one attached hydrogen (secondary N) is 1. The molecule has 3 nitrogen and oxygen atoms in total. The van der Waals surface area contributed by atoms with Gasteiger partial charge in [0.2, 0.25) is 5.91 Å². The first-order valence-electron chi connectivity index (χ1n) is 7.41. The summed E-state index contributed by atoms with van der Waals surface area (Å²) in [6.45, 7) is 5.83. The molecular formula is C18H22N2O. The van der Waals surface area contributed by atoms with Gasteiger partial charge < -0.3 is 10.2 Å². The van der Waals surface area contributed by atoms with Crippen LogP contribution in [-0.2, 0) is 11.3 Å². The largest absolute Gasteiger partial charge is 0.367 e. The maximum atomic E-state index is 11.4. The standard InChI is InChI=1S/C18H22N2O/c1-3-18(21)19-16-10-12-17(13-11-16)20(4-2)14-15-8-6-5-7-9-15/h5-13H,3-4,14H2,1-2H3,(H,19,21). The Hall–Kier alpha value is -2.29. The molecule has 1 N–H and O–H groups in total. The number of amides is 1. The zero-order valence-electron chi connectivity index (χ0n) is 12.7. The number of carbonyl (C=O) groups is 1. The van der Waals surface area contributed by atoms with Gasteiger partial charge in [-0.2, -0.15) is 0 Å². The van der Waals surface area contributed by atoms with Crippen molar-refractivity contribution >= 4 is 17.3 Å². The van der Waals surface area contributed by atoms with Crippen LogP contribution in [0.2, 0.25) is 0 Å². The highest BCUT2D eigenvalue weighted by Gasteiger charge is 2.06. The Morgan fingerprint density at radius 1 is 1.00 bits per heavy atom. The SMILES string of the molecule is CCC(=O)Nc1ccc(N(CC)Cc2ccccc2)cc1. The number of hydrogen-bond donors (Lipinski definition) is 1. The Morgan fingerprint density at radius 3 is 2.24 bits per heavy atom. The van der Waals surface area contributed by atoms with E-state index in [-0.39, 0.29) is 5.91 Å². The predicted octanol–water partition coefficient (Wildman–Crippen LogP) is 4.06. The van der Waals surface area contributed by atoms with Crippen LogP contribution in [0.1, 0.15) is 25.8 Å². The molecule has 0 atom stereocenters. The molecule has 0 aliphatic heterocycles. The van der Waals surface area contributed by atoms with E-state index in [0.717, 1.165) is 24.5 Å². The van der Waals surface area contributed by atoms with Gasteiger partial charge in [0, 0.05) is 30.9 Å². The molecule has 0 saturated carbocycles. The Balaban J connectivity index is 2.06. The third-order valence-corrected chi connectivity index (χ3v) is 3.44. The Morgan fingerprint density at radius 2 is 1.67 bits per heavy atom. The van der Waals surface area contributed by atoms with Crippen molar-refractivity contribution in [3.8, 4) is 0 Å². The number of carbonyl (C=O) groups excluding carboxylic acids is 1. The van der Waals surface area contributed by atoms with E-state index in [2.05, 4.69) is 53.5 Å². The molecule has 2 aromatic carbocycles. The van der Waals surface area contributed by atoms with Gasteiger partial charge in [-0.15, -0.1) is 0 Å². The van der Waals surface area contributed by atoms with E-state index in [4.69, 9.17) is 0 Å². The Bertz CT molecular complexity index is 564. The molecular weight excluding hydrogens is 260 g/mol. The van der Waals surface area contributed by atoms with E-state index in [1.165, 1.54) is 5.56 Å². The molecule has 0 radical (unpaired) electrons. The van der Waals surface area contributed by atoms with Gasteiger partial charge in [0.25, 0.3) is 0 Å². The summed E-state index contributed by atoms with van der Waals surface area (Å²) in [4.78, 5) is 13.7. The van der Waals surface area contributed by atoms with Gasteiger partial charge in [-0.25, -0.2) is 0 Å². The van der Waals surface area contributed by atoms with E-state index >= 15 is 0 Å². The lowest BCUT2D eigenvalue weighted by molar-refractivity contribution is -0.115. The van der Waals surface area contributed by atoms with Crippen LogP contribution in [0.4, 0.5) is 11.4 Å². The third kappa shape index (κ3) is 4.35. The van der Waals surface area contributed by atoms with Crippen molar-refractivity contribution in [2.24, 2.45) is 0 Å². The summed E-state index contributed by atoms with van der Waals surface area (Å²) in [7, 11) is 0. The Kier molecular flexibility index (Phi) is 5.38. The Labute approximate surface area is 126 Å². The zero-order chi connectivity index (χ0) is 15.1.